The van der Waals surface area contributed by atoms with Crippen molar-refractivity contribution in [1.82, 2.24) is 10.3 Å². The maximum absolute atomic E-state index is 12.0. The molecule has 0 aliphatic carbocycles. The Kier molecular flexibility index (Phi) is 6.56. The van der Waals surface area contributed by atoms with E-state index in [4.69, 9.17) is 4.74 Å². The summed E-state index contributed by atoms with van der Waals surface area (Å²) in [7, 11) is 0. The lowest BCUT2D eigenvalue weighted by molar-refractivity contribution is -0.149. The van der Waals surface area contributed by atoms with Gasteiger partial charge < -0.3 is 15.2 Å². The maximum atomic E-state index is 12.0. The molecule has 23 heavy (non-hydrogen) atoms. The average Bonchev–Trinajstić information content (AvgIpc) is 2.85. The Morgan fingerprint density at radius 3 is 2.48 bits per heavy atom. The Balaban J connectivity index is 2.89. The van der Waals surface area contributed by atoms with E-state index in [1.807, 2.05) is 13.8 Å². The summed E-state index contributed by atoms with van der Waals surface area (Å²) in [6, 6.07) is 0. The van der Waals surface area contributed by atoms with Crippen LogP contribution < -0.4 is 5.32 Å². The van der Waals surface area contributed by atoms with Crippen molar-refractivity contribution in [2.24, 2.45) is 11.3 Å². The molecule has 2 N–H and O–H groups in total. The van der Waals surface area contributed by atoms with Crippen LogP contribution in [0.5, 0.6) is 0 Å². The second-order valence-electron chi connectivity index (χ2n) is 7.18. The zero-order chi connectivity index (χ0) is 17.7. The number of carbonyl (C=O) groups is 2. The number of thiazole rings is 1. The Hall–Kier alpha value is -1.63. The molecule has 0 bridgehead atoms. The van der Waals surface area contributed by atoms with Gasteiger partial charge in [0.05, 0.1) is 10.9 Å². The summed E-state index contributed by atoms with van der Waals surface area (Å²) < 4.78 is 5.20. The first-order valence-corrected chi connectivity index (χ1v) is 8.50. The molecule has 0 aromatic carbocycles. The van der Waals surface area contributed by atoms with Gasteiger partial charge in [0.2, 0.25) is 0 Å². The zero-order valence-corrected chi connectivity index (χ0v) is 15.2. The van der Waals surface area contributed by atoms with Crippen molar-refractivity contribution in [1.29, 1.82) is 0 Å². The minimum atomic E-state index is -1.07. The van der Waals surface area contributed by atoms with E-state index in [1.165, 1.54) is 11.3 Å². The number of carboxylic acids is 1. The molecule has 1 heterocycles. The summed E-state index contributed by atoms with van der Waals surface area (Å²) in [5.41, 5.74) is -0.0120. The maximum Gasteiger partial charge on any atom is 0.407 e. The van der Waals surface area contributed by atoms with Crippen LogP contribution in [0.4, 0.5) is 4.79 Å². The van der Waals surface area contributed by atoms with Crippen LogP contribution in [0, 0.1) is 11.3 Å². The molecule has 0 saturated carbocycles. The van der Waals surface area contributed by atoms with Gasteiger partial charge in [0, 0.05) is 24.0 Å². The fourth-order valence-corrected chi connectivity index (χ4v) is 3.18. The largest absolute Gasteiger partial charge is 0.481 e. The molecule has 1 rings (SSSR count). The summed E-state index contributed by atoms with van der Waals surface area (Å²) in [5, 5.41) is 12.4. The summed E-state index contributed by atoms with van der Waals surface area (Å²) >= 11 is 1.42. The molecule has 1 aromatic heterocycles. The lowest BCUT2D eigenvalue weighted by Gasteiger charge is -2.31. The van der Waals surface area contributed by atoms with Crippen molar-refractivity contribution in [2.45, 2.75) is 53.1 Å². The fourth-order valence-electron chi connectivity index (χ4n) is 2.45. The van der Waals surface area contributed by atoms with Gasteiger partial charge in [-0.3, -0.25) is 9.78 Å². The fraction of sp³-hybridized carbons (Fsp3) is 0.688. The smallest absolute Gasteiger partial charge is 0.407 e. The standard InChI is InChI=1S/C16H26N2O4S/c1-11(2)6-16(13(19)20,7-12-8-17-10-23-12)9-18-14(21)22-15(3,4)5/h8,10-11H,6-7,9H2,1-5H3,(H,18,21)(H,19,20). The first-order valence-electron chi connectivity index (χ1n) is 7.62. The number of nitrogens with zero attached hydrogens (tertiary/aromatic N) is 1. The molecule has 6 nitrogen and oxygen atoms in total. The predicted molar refractivity (Wildman–Crippen MR) is 89.6 cm³/mol. The molecular weight excluding hydrogens is 316 g/mol. The number of amides is 1. The van der Waals surface area contributed by atoms with Gasteiger partial charge in [-0.2, -0.15) is 0 Å². The van der Waals surface area contributed by atoms with Gasteiger partial charge in [-0.05, 0) is 33.1 Å². The molecule has 1 amide bonds. The van der Waals surface area contributed by atoms with E-state index in [-0.39, 0.29) is 12.5 Å². The van der Waals surface area contributed by atoms with Crippen LogP contribution in [0.25, 0.3) is 0 Å². The van der Waals surface area contributed by atoms with Crippen molar-refractivity contribution in [3.05, 3.63) is 16.6 Å². The quantitative estimate of drug-likeness (QED) is 0.793. The van der Waals surface area contributed by atoms with Crippen molar-refractivity contribution >= 4 is 23.4 Å². The summed E-state index contributed by atoms with van der Waals surface area (Å²) in [4.78, 5) is 28.7. The monoisotopic (exact) mass is 342 g/mol. The Bertz CT molecular complexity index is 523. The minimum absolute atomic E-state index is 0.0212. The summed E-state index contributed by atoms with van der Waals surface area (Å²) in [6.07, 6.45) is 1.86. The number of aromatic nitrogens is 1. The Labute approximate surface area is 141 Å². The van der Waals surface area contributed by atoms with Gasteiger partial charge in [0.1, 0.15) is 5.60 Å². The lowest BCUT2D eigenvalue weighted by atomic mass is 9.77. The molecular formula is C16H26N2O4S. The Morgan fingerprint density at radius 2 is 2.04 bits per heavy atom. The number of aliphatic carboxylic acids is 1. The Morgan fingerprint density at radius 1 is 1.39 bits per heavy atom. The lowest BCUT2D eigenvalue weighted by Crippen LogP contribution is -2.46. The molecule has 0 fully saturated rings. The molecule has 7 heteroatoms. The molecule has 1 atom stereocenters. The first kappa shape index (κ1) is 19.4. The first-order chi connectivity index (χ1) is 10.5. The van der Waals surface area contributed by atoms with Gasteiger partial charge in [-0.15, -0.1) is 11.3 Å². The van der Waals surface area contributed by atoms with Crippen LogP contribution in [0.15, 0.2) is 11.7 Å². The number of ether oxygens (including phenoxy) is 1. The number of alkyl carbamates (subject to hydrolysis) is 1. The van der Waals surface area contributed by atoms with E-state index in [9.17, 15) is 14.7 Å². The van der Waals surface area contributed by atoms with Gasteiger partial charge in [-0.1, -0.05) is 13.8 Å². The number of rotatable bonds is 7. The van der Waals surface area contributed by atoms with E-state index < -0.39 is 23.1 Å². The number of nitrogens with one attached hydrogen (secondary N) is 1. The van der Waals surface area contributed by atoms with Gasteiger partial charge in [0.25, 0.3) is 0 Å². The molecule has 1 aromatic rings. The highest BCUT2D eigenvalue weighted by molar-refractivity contribution is 7.09. The number of carboxylic acid groups (broad SMARTS) is 1. The average molecular weight is 342 g/mol. The molecule has 1 unspecified atom stereocenters. The van der Waals surface area contributed by atoms with Crippen LogP contribution in [-0.2, 0) is 16.0 Å². The topological polar surface area (TPSA) is 88.5 Å². The number of hydrogen-bond acceptors (Lipinski definition) is 5. The SMILES string of the molecule is CC(C)CC(CNC(=O)OC(C)(C)C)(Cc1cncs1)C(=O)O. The normalized spacial score (nSPS) is 14.3. The van der Waals surface area contributed by atoms with E-state index in [2.05, 4.69) is 10.3 Å². The molecule has 0 aliphatic heterocycles. The second kappa shape index (κ2) is 7.77. The van der Waals surface area contributed by atoms with Crippen LogP contribution in [0.1, 0.15) is 45.9 Å². The van der Waals surface area contributed by atoms with Gasteiger partial charge in [-0.25, -0.2) is 4.79 Å². The van der Waals surface area contributed by atoms with E-state index >= 15 is 0 Å². The third-order valence-corrected chi connectivity index (χ3v) is 4.00. The second-order valence-corrected chi connectivity index (χ2v) is 8.15. The van der Waals surface area contributed by atoms with E-state index in [1.54, 1.807) is 32.5 Å². The van der Waals surface area contributed by atoms with E-state index in [0.717, 1.165) is 4.88 Å². The number of hydrogen-bond donors (Lipinski definition) is 2. The van der Waals surface area contributed by atoms with Crippen LogP contribution in [-0.4, -0.2) is 34.3 Å². The zero-order valence-electron chi connectivity index (χ0n) is 14.4. The van der Waals surface area contributed by atoms with Crippen molar-refractivity contribution in [3.8, 4) is 0 Å². The van der Waals surface area contributed by atoms with Crippen molar-refractivity contribution in [3.63, 3.8) is 0 Å². The van der Waals surface area contributed by atoms with Crippen molar-refractivity contribution < 1.29 is 19.4 Å². The number of carbonyl (C=O) groups excluding carboxylic acids is 1. The summed E-state index contributed by atoms with van der Waals surface area (Å²) in [6.45, 7) is 9.26. The van der Waals surface area contributed by atoms with Crippen molar-refractivity contribution in [2.75, 3.05) is 6.54 Å². The van der Waals surface area contributed by atoms with Crippen LogP contribution in [0.2, 0.25) is 0 Å². The minimum Gasteiger partial charge on any atom is -0.481 e. The highest BCUT2D eigenvalue weighted by atomic mass is 32.1. The predicted octanol–water partition coefficient (Wildman–Crippen LogP) is 3.33. The van der Waals surface area contributed by atoms with Crippen LogP contribution >= 0.6 is 11.3 Å². The molecule has 0 spiro atoms. The third kappa shape index (κ3) is 6.56. The summed E-state index contributed by atoms with van der Waals surface area (Å²) in [5.74, 6) is -0.741. The molecule has 130 valence electrons. The molecule has 0 saturated heterocycles. The van der Waals surface area contributed by atoms with Crippen LogP contribution in [0.3, 0.4) is 0 Å². The third-order valence-electron chi connectivity index (χ3n) is 3.22. The van der Waals surface area contributed by atoms with Gasteiger partial charge in [0.15, 0.2) is 0 Å². The molecule has 0 radical (unpaired) electrons. The van der Waals surface area contributed by atoms with E-state index in [0.29, 0.717) is 12.8 Å². The highest BCUT2D eigenvalue weighted by Gasteiger charge is 2.40. The highest BCUT2D eigenvalue weighted by Crippen LogP contribution is 2.32. The van der Waals surface area contributed by atoms with Gasteiger partial charge >= 0.3 is 12.1 Å². The molecule has 0 aliphatic rings.